The van der Waals surface area contributed by atoms with Gasteiger partial charge in [-0.15, -0.1) is 0 Å². The Morgan fingerprint density at radius 3 is 2.24 bits per heavy atom. The number of ether oxygens (including phenoxy) is 2. The standard InChI is InChI=1S/C22H23N3O4/c1-4-15-5-7-16(8-6-15)20-9-10-22(27)25(24-20)14-21(26)23-17-11-18(28-2)13-19(12-17)29-3/h5-13H,4,14H2,1-3H3,(H,23,26). The van der Waals surface area contributed by atoms with Crippen molar-refractivity contribution in [1.29, 1.82) is 0 Å². The van der Waals surface area contributed by atoms with E-state index in [1.165, 1.54) is 25.8 Å². The van der Waals surface area contributed by atoms with Gasteiger partial charge in [0.25, 0.3) is 5.56 Å². The van der Waals surface area contributed by atoms with Gasteiger partial charge >= 0.3 is 0 Å². The van der Waals surface area contributed by atoms with Crippen LogP contribution in [0.25, 0.3) is 11.3 Å². The zero-order valence-electron chi connectivity index (χ0n) is 16.6. The average molecular weight is 393 g/mol. The summed E-state index contributed by atoms with van der Waals surface area (Å²) in [7, 11) is 3.06. The third-order valence-corrected chi connectivity index (χ3v) is 4.45. The lowest BCUT2D eigenvalue weighted by Crippen LogP contribution is -2.29. The summed E-state index contributed by atoms with van der Waals surface area (Å²) in [5, 5.41) is 7.08. The van der Waals surface area contributed by atoms with Gasteiger partial charge in [0.05, 0.1) is 19.9 Å². The molecule has 7 nitrogen and oxygen atoms in total. The van der Waals surface area contributed by atoms with Crippen molar-refractivity contribution in [2.45, 2.75) is 19.9 Å². The van der Waals surface area contributed by atoms with E-state index in [0.717, 1.165) is 16.7 Å². The number of nitrogens with zero attached hydrogens (tertiary/aromatic N) is 2. The number of rotatable bonds is 7. The van der Waals surface area contributed by atoms with E-state index in [1.807, 2.05) is 24.3 Å². The molecule has 0 bridgehead atoms. The van der Waals surface area contributed by atoms with Crippen molar-refractivity contribution in [3.05, 3.63) is 70.5 Å². The summed E-state index contributed by atoms with van der Waals surface area (Å²) in [6, 6.07) is 16.1. The summed E-state index contributed by atoms with van der Waals surface area (Å²) in [5.41, 5.74) is 2.88. The number of aryl methyl sites for hydroxylation is 1. The maximum Gasteiger partial charge on any atom is 0.267 e. The Bertz CT molecular complexity index is 1040. The molecule has 7 heteroatoms. The lowest BCUT2D eigenvalue weighted by atomic mass is 10.1. The van der Waals surface area contributed by atoms with Crippen molar-refractivity contribution in [2.24, 2.45) is 0 Å². The van der Waals surface area contributed by atoms with E-state index in [2.05, 4.69) is 17.3 Å². The molecule has 0 unspecified atom stereocenters. The van der Waals surface area contributed by atoms with Crippen LogP contribution in [0.15, 0.2) is 59.4 Å². The smallest absolute Gasteiger partial charge is 0.267 e. The van der Waals surface area contributed by atoms with Gasteiger partial charge in [0, 0.05) is 35.5 Å². The Balaban J connectivity index is 1.79. The number of aromatic nitrogens is 2. The number of amides is 1. The highest BCUT2D eigenvalue weighted by atomic mass is 16.5. The molecule has 2 aromatic carbocycles. The van der Waals surface area contributed by atoms with E-state index in [9.17, 15) is 9.59 Å². The monoisotopic (exact) mass is 393 g/mol. The Morgan fingerprint density at radius 1 is 1.00 bits per heavy atom. The maximum atomic E-state index is 12.5. The van der Waals surface area contributed by atoms with E-state index < -0.39 is 0 Å². The number of carbonyl (C=O) groups is 1. The van der Waals surface area contributed by atoms with E-state index in [1.54, 1.807) is 24.3 Å². The Kier molecular flexibility index (Phi) is 6.29. The van der Waals surface area contributed by atoms with Crippen molar-refractivity contribution < 1.29 is 14.3 Å². The Hall–Kier alpha value is -3.61. The highest BCUT2D eigenvalue weighted by Crippen LogP contribution is 2.25. The predicted octanol–water partition coefficient (Wildman–Crippen LogP) is 3.13. The fourth-order valence-corrected chi connectivity index (χ4v) is 2.84. The number of methoxy groups -OCH3 is 2. The van der Waals surface area contributed by atoms with E-state index in [-0.39, 0.29) is 18.0 Å². The molecular formula is C22H23N3O4. The summed E-state index contributed by atoms with van der Waals surface area (Å²) in [5.74, 6) is 0.716. The maximum absolute atomic E-state index is 12.5. The summed E-state index contributed by atoms with van der Waals surface area (Å²) < 4.78 is 11.5. The van der Waals surface area contributed by atoms with E-state index in [0.29, 0.717) is 22.9 Å². The molecule has 0 aliphatic carbocycles. The molecule has 150 valence electrons. The van der Waals surface area contributed by atoms with Gasteiger partial charge < -0.3 is 14.8 Å². The quantitative estimate of drug-likeness (QED) is 0.667. The van der Waals surface area contributed by atoms with Gasteiger partial charge in [-0.05, 0) is 18.1 Å². The lowest BCUT2D eigenvalue weighted by Gasteiger charge is -2.11. The molecule has 0 saturated carbocycles. The van der Waals surface area contributed by atoms with Crippen molar-refractivity contribution >= 4 is 11.6 Å². The van der Waals surface area contributed by atoms with Gasteiger partial charge in [0.15, 0.2) is 0 Å². The van der Waals surface area contributed by atoms with Crippen LogP contribution in [-0.4, -0.2) is 29.9 Å². The first kappa shape index (κ1) is 20.1. The van der Waals surface area contributed by atoms with Crippen LogP contribution in [-0.2, 0) is 17.8 Å². The molecule has 1 amide bonds. The van der Waals surface area contributed by atoms with Gasteiger partial charge in [-0.1, -0.05) is 31.2 Å². The molecule has 3 aromatic rings. The number of hydrogen-bond donors (Lipinski definition) is 1. The minimum absolute atomic E-state index is 0.209. The third-order valence-electron chi connectivity index (χ3n) is 4.45. The molecule has 1 N–H and O–H groups in total. The summed E-state index contributed by atoms with van der Waals surface area (Å²) in [6.07, 6.45) is 0.947. The molecule has 0 aliphatic heterocycles. The van der Waals surface area contributed by atoms with Gasteiger partial charge in [0.2, 0.25) is 5.91 Å². The van der Waals surface area contributed by atoms with Crippen LogP contribution in [0, 0.1) is 0 Å². The highest BCUT2D eigenvalue weighted by Gasteiger charge is 2.10. The Labute approximate surface area is 168 Å². The molecule has 0 fully saturated rings. The molecule has 0 spiro atoms. The van der Waals surface area contributed by atoms with Crippen LogP contribution < -0.4 is 20.3 Å². The first-order valence-electron chi connectivity index (χ1n) is 9.22. The van der Waals surface area contributed by atoms with E-state index in [4.69, 9.17) is 9.47 Å². The normalized spacial score (nSPS) is 10.4. The number of hydrogen-bond acceptors (Lipinski definition) is 5. The van der Waals surface area contributed by atoms with Crippen molar-refractivity contribution in [3.8, 4) is 22.8 Å². The summed E-state index contributed by atoms with van der Waals surface area (Å²) in [4.78, 5) is 24.6. The molecule has 0 saturated heterocycles. The van der Waals surface area contributed by atoms with Crippen molar-refractivity contribution in [2.75, 3.05) is 19.5 Å². The van der Waals surface area contributed by atoms with Crippen LogP contribution in [0.3, 0.4) is 0 Å². The van der Waals surface area contributed by atoms with Crippen LogP contribution in [0.5, 0.6) is 11.5 Å². The van der Waals surface area contributed by atoms with Crippen LogP contribution in [0.1, 0.15) is 12.5 Å². The average Bonchev–Trinajstić information content (AvgIpc) is 2.75. The fourth-order valence-electron chi connectivity index (χ4n) is 2.84. The SMILES string of the molecule is CCc1ccc(-c2ccc(=O)n(CC(=O)Nc3cc(OC)cc(OC)c3)n2)cc1. The number of carbonyl (C=O) groups excluding carboxylic acids is 1. The number of nitrogens with one attached hydrogen (secondary N) is 1. The lowest BCUT2D eigenvalue weighted by molar-refractivity contribution is -0.117. The van der Waals surface area contributed by atoms with Gasteiger partial charge in [0.1, 0.15) is 18.0 Å². The first-order chi connectivity index (χ1) is 14.0. The predicted molar refractivity (Wildman–Crippen MR) is 111 cm³/mol. The number of anilines is 1. The van der Waals surface area contributed by atoms with E-state index >= 15 is 0 Å². The molecule has 29 heavy (non-hydrogen) atoms. The summed E-state index contributed by atoms with van der Waals surface area (Å²) >= 11 is 0. The molecule has 1 heterocycles. The highest BCUT2D eigenvalue weighted by molar-refractivity contribution is 5.91. The topological polar surface area (TPSA) is 82.5 Å². The zero-order chi connectivity index (χ0) is 20.8. The molecule has 1 aromatic heterocycles. The van der Waals surface area contributed by atoms with Crippen LogP contribution in [0.4, 0.5) is 5.69 Å². The molecule has 0 atom stereocenters. The second-order valence-electron chi connectivity index (χ2n) is 6.41. The van der Waals surface area contributed by atoms with Crippen LogP contribution >= 0.6 is 0 Å². The Morgan fingerprint density at radius 2 is 1.66 bits per heavy atom. The summed E-state index contributed by atoms with van der Waals surface area (Å²) in [6.45, 7) is 1.88. The number of benzene rings is 2. The fraction of sp³-hybridized carbons (Fsp3) is 0.227. The van der Waals surface area contributed by atoms with Crippen molar-refractivity contribution in [1.82, 2.24) is 9.78 Å². The molecular weight excluding hydrogens is 370 g/mol. The van der Waals surface area contributed by atoms with Gasteiger partial charge in [-0.2, -0.15) is 5.10 Å². The molecule has 3 rings (SSSR count). The minimum atomic E-state index is -0.381. The zero-order valence-corrected chi connectivity index (χ0v) is 16.6. The van der Waals surface area contributed by atoms with Gasteiger partial charge in [-0.25, -0.2) is 4.68 Å². The first-order valence-corrected chi connectivity index (χ1v) is 9.22. The largest absolute Gasteiger partial charge is 0.497 e. The third kappa shape index (κ3) is 5.01. The van der Waals surface area contributed by atoms with Gasteiger partial charge in [-0.3, -0.25) is 9.59 Å². The molecule has 0 radical (unpaired) electrons. The van der Waals surface area contributed by atoms with Crippen molar-refractivity contribution in [3.63, 3.8) is 0 Å². The molecule has 0 aliphatic rings. The van der Waals surface area contributed by atoms with Crippen LogP contribution in [0.2, 0.25) is 0 Å². The minimum Gasteiger partial charge on any atom is -0.497 e. The second kappa shape index (κ2) is 9.05. The second-order valence-corrected chi connectivity index (χ2v) is 6.41.